The molecule has 0 aliphatic heterocycles. The molecule has 0 spiro atoms. The molecule has 1 aromatic heterocycles. The zero-order valence-corrected chi connectivity index (χ0v) is 12.1. The van der Waals surface area contributed by atoms with Crippen molar-refractivity contribution in [3.63, 3.8) is 0 Å². The number of rotatable bonds is 2. The van der Waals surface area contributed by atoms with Crippen molar-refractivity contribution in [3.8, 4) is 22.6 Å². The number of aryl methyl sites for hydroxylation is 2. The van der Waals surface area contributed by atoms with Crippen LogP contribution in [-0.4, -0.2) is 9.97 Å². The number of H-pyrrole nitrogens is 1. The van der Waals surface area contributed by atoms with Crippen LogP contribution >= 0.6 is 0 Å². The Morgan fingerprint density at radius 3 is 2.48 bits per heavy atom. The molecule has 21 heavy (non-hydrogen) atoms. The van der Waals surface area contributed by atoms with Crippen LogP contribution in [0.4, 0.5) is 0 Å². The van der Waals surface area contributed by atoms with Crippen molar-refractivity contribution in [2.75, 3.05) is 0 Å². The smallest absolute Gasteiger partial charge is 0.251 e. The van der Waals surface area contributed by atoms with E-state index in [4.69, 9.17) is 0 Å². The zero-order chi connectivity index (χ0) is 14.8. The first-order valence-electron chi connectivity index (χ1n) is 6.88. The van der Waals surface area contributed by atoms with Crippen LogP contribution in [-0.2, 0) is 0 Å². The van der Waals surface area contributed by atoms with Crippen molar-refractivity contribution in [1.29, 1.82) is 0 Å². The predicted molar refractivity (Wildman–Crippen MR) is 85.2 cm³/mol. The highest BCUT2D eigenvalue weighted by atomic mass is 16.1. The van der Waals surface area contributed by atoms with Crippen molar-refractivity contribution in [3.05, 3.63) is 76.1 Å². The van der Waals surface area contributed by atoms with Gasteiger partial charge in [0, 0.05) is 17.2 Å². The minimum Gasteiger partial charge on any atom is -0.306 e. The summed E-state index contributed by atoms with van der Waals surface area (Å²) >= 11 is 0. The lowest BCUT2D eigenvalue weighted by molar-refractivity contribution is 1.12. The van der Waals surface area contributed by atoms with Gasteiger partial charge in [-0.3, -0.25) is 4.79 Å². The fraction of sp³-hybridized carbons (Fsp3) is 0.111. The van der Waals surface area contributed by atoms with Gasteiger partial charge >= 0.3 is 0 Å². The molecule has 0 fully saturated rings. The third-order valence-corrected chi connectivity index (χ3v) is 3.46. The first-order chi connectivity index (χ1) is 10.1. The summed E-state index contributed by atoms with van der Waals surface area (Å²) in [5, 5.41) is 0. The minimum atomic E-state index is -0.139. The van der Waals surface area contributed by atoms with Gasteiger partial charge in [0.25, 0.3) is 5.56 Å². The van der Waals surface area contributed by atoms with E-state index in [0.717, 1.165) is 22.3 Å². The Labute approximate surface area is 123 Å². The molecule has 0 amide bonds. The van der Waals surface area contributed by atoms with Crippen molar-refractivity contribution in [2.24, 2.45) is 0 Å². The molecule has 0 atom stereocenters. The summed E-state index contributed by atoms with van der Waals surface area (Å²) in [4.78, 5) is 19.4. The number of hydrogen-bond donors (Lipinski definition) is 1. The molecule has 3 nitrogen and oxygen atoms in total. The van der Waals surface area contributed by atoms with Crippen LogP contribution in [0, 0.1) is 13.8 Å². The van der Waals surface area contributed by atoms with Crippen LogP contribution < -0.4 is 5.56 Å². The Morgan fingerprint density at radius 2 is 1.71 bits per heavy atom. The van der Waals surface area contributed by atoms with E-state index in [1.54, 1.807) is 0 Å². The van der Waals surface area contributed by atoms with E-state index >= 15 is 0 Å². The zero-order valence-electron chi connectivity index (χ0n) is 12.1. The van der Waals surface area contributed by atoms with E-state index < -0.39 is 0 Å². The van der Waals surface area contributed by atoms with Gasteiger partial charge in [0.2, 0.25) is 0 Å². The van der Waals surface area contributed by atoms with Gasteiger partial charge in [-0.25, -0.2) is 4.98 Å². The molecule has 104 valence electrons. The molecule has 3 heteroatoms. The van der Waals surface area contributed by atoms with Gasteiger partial charge < -0.3 is 4.98 Å². The van der Waals surface area contributed by atoms with Gasteiger partial charge in [0.1, 0.15) is 5.82 Å². The lowest BCUT2D eigenvalue weighted by atomic mass is 10.0. The van der Waals surface area contributed by atoms with Gasteiger partial charge in [0.05, 0.1) is 5.69 Å². The average Bonchev–Trinajstić information content (AvgIpc) is 2.50. The van der Waals surface area contributed by atoms with Crippen molar-refractivity contribution >= 4 is 0 Å². The van der Waals surface area contributed by atoms with E-state index in [1.807, 2.05) is 56.3 Å². The Kier molecular flexibility index (Phi) is 3.40. The highest BCUT2D eigenvalue weighted by Crippen LogP contribution is 2.23. The second kappa shape index (κ2) is 5.37. The van der Waals surface area contributed by atoms with E-state index in [-0.39, 0.29) is 5.56 Å². The van der Waals surface area contributed by atoms with Gasteiger partial charge in [-0.2, -0.15) is 0 Å². The number of aromatic nitrogens is 2. The number of benzene rings is 2. The Morgan fingerprint density at radius 1 is 0.952 bits per heavy atom. The maximum Gasteiger partial charge on any atom is 0.251 e. The summed E-state index contributed by atoms with van der Waals surface area (Å²) in [7, 11) is 0. The Balaban J connectivity index is 2.19. The first-order valence-corrected chi connectivity index (χ1v) is 6.88. The molecule has 0 saturated carbocycles. The molecule has 0 aliphatic rings. The molecular formula is C18H16N2O. The number of aromatic amines is 1. The number of nitrogens with one attached hydrogen (secondary N) is 1. The lowest BCUT2D eigenvalue weighted by Gasteiger charge is -2.08. The van der Waals surface area contributed by atoms with Crippen LogP contribution in [0.2, 0.25) is 0 Å². The standard InChI is InChI=1S/C18H16N2O/c1-12-8-9-13(2)15(10-12)18-19-16(11-17(21)20-18)14-6-4-3-5-7-14/h3-11H,1-2H3,(H,19,20,21). The van der Waals surface area contributed by atoms with Crippen molar-refractivity contribution in [1.82, 2.24) is 9.97 Å². The molecule has 0 aliphatic carbocycles. The second-order valence-corrected chi connectivity index (χ2v) is 5.16. The van der Waals surface area contributed by atoms with Crippen LogP contribution in [0.25, 0.3) is 22.6 Å². The Bertz CT molecular complexity index is 835. The summed E-state index contributed by atoms with van der Waals surface area (Å²) in [5.41, 5.74) is 4.69. The lowest BCUT2D eigenvalue weighted by Crippen LogP contribution is -2.09. The molecular weight excluding hydrogens is 260 g/mol. The molecule has 0 bridgehead atoms. The predicted octanol–water partition coefficient (Wildman–Crippen LogP) is 3.72. The average molecular weight is 276 g/mol. The monoisotopic (exact) mass is 276 g/mol. The van der Waals surface area contributed by atoms with E-state index in [0.29, 0.717) is 11.5 Å². The SMILES string of the molecule is Cc1ccc(C)c(-c2nc(-c3ccccc3)cc(=O)[nH]2)c1. The molecule has 3 rings (SSSR count). The molecule has 0 radical (unpaired) electrons. The highest BCUT2D eigenvalue weighted by molar-refractivity contribution is 5.65. The molecule has 1 N–H and O–H groups in total. The number of hydrogen-bond acceptors (Lipinski definition) is 2. The second-order valence-electron chi connectivity index (χ2n) is 5.16. The van der Waals surface area contributed by atoms with E-state index in [1.165, 1.54) is 6.07 Å². The maximum atomic E-state index is 12.0. The van der Waals surface area contributed by atoms with Gasteiger partial charge in [-0.15, -0.1) is 0 Å². The molecule has 0 saturated heterocycles. The summed E-state index contributed by atoms with van der Waals surface area (Å²) < 4.78 is 0. The summed E-state index contributed by atoms with van der Waals surface area (Å²) in [6, 6.07) is 17.4. The largest absolute Gasteiger partial charge is 0.306 e. The fourth-order valence-corrected chi connectivity index (χ4v) is 2.33. The molecule has 1 heterocycles. The van der Waals surface area contributed by atoms with Crippen molar-refractivity contribution in [2.45, 2.75) is 13.8 Å². The van der Waals surface area contributed by atoms with Gasteiger partial charge in [0.15, 0.2) is 0 Å². The highest BCUT2D eigenvalue weighted by Gasteiger charge is 2.08. The third-order valence-electron chi connectivity index (χ3n) is 3.46. The first kappa shape index (κ1) is 13.3. The van der Waals surface area contributed by atoms with E-state index in [2.05, 4.69) is 16.0 Å². The van der Waals surface area contributed by atoms with Crippen molar-refractivity contribution < 1.29 is 0 Å². The maximum absolute atomic E-state index is 12.0. The normalized spacial score (nSPS) is 10.6. The van der Waals surface area contributed by atoms with Gasteiger partial charge in [-0.1, -0.05) is 48.0 Å². The van der Waals surface area contributed by atoms with Crippen LogP contribution in [0.5, 0.6) is 0 Å². The topological polar surface area (TPSA) is 45.8 Å². The quantitative estimate of drug-likeness (QED) is 0.775. The van der Waals surface area contributed by atoms with Crippen LogP contribution in [0.3, 0.4) is 0 Å². The van der Waals surface area contributed by atoms with Crippen LogP contribution in [0.15, 0.2) is 59.4 Å². The third kappa shape index (κ3) is 2.77. The van der Waals surface area contributed by atoms with Gasteiger partial charge in [-0.05, 0) is 25.5 Å². The Hall–Kier alpha value is -2.68. The molecule has 0 unspecified atom stereocenters. The summed E-state index contributed by atoms with van der Waals surface area (Å²) in [6.07, 6.45) is 0. The fourth-order valence-electron chi connectivity index (χ4n) is 2.33. The molecule has 2 aromatic carbocycles. The summed E-state index contributed by atoms with van der Waals surface area (Å²) in [5.74, 6) is 0.613. The molecule has 3 aromatic rings. The number of nitrogens with zero attached hydrogens (tertiary/aromatic N) is 1. The summed E-state index contributed by atoms with van der Waals surface area (Å²) in [6.45, 7) is 4.05. The minimum absolute atomic E-state index is 0.139. The van der Waals surface area contributed by atoms with Crippen LogP contribution in [0.1, 0.15) is 11.1 Å². The van der Waals surface area contributed by atoms with E-state index in [9.17, 15) is 4.79 Å².